The molecule has 1 aliphatic carbocycles. The lowest BCUT2D eigenvalue weighted by Crippen LogP contribution is -3.16. The summed E-state index contributed by atoms with van der Waals surface area (Å²) in [6.07, 6.45) is 4.88. The van der Waals surface area contributed by atoms with Gasteiger partial charge >= 0.3 is 0 Å². The van der Waals surface area contributed by atoms with E-state index >= 15 is 0 Å². The first-order valence-corrected chi connectivity index (χ1v) is 10.7. The van der Waals surface area contributed by atoms with Gasteiger partial charge in [0.1, 0.15) is 11.8 Å². The number of carbonyl (C=O) groups excluding carboxylic acids is 1. The molecule has 1 aromatic rings. The predicted molar refractivity (Wildman–Crippen MR) is 105 cm³/mol. The second kappa shape index (κ2) is 8.39. The maximum Gasteiger partial charge on any atom is 0.277 e. The number of piperidine rings is 1. The van der Waals surface area contributed by atoms with Gasteiger partial charge in [-0.15, -0.1) is 0 Å². The molecule has 1 aromatic carbocycles. The molecule has 4 rings (SSSR count). The van der Waals surface area contributed by atoms with Crippen molar-refractivity contribution in [3.63, 3.8) is 0 Å². The van der Waals surface area contributed by atoms with Gasteiger partial charge in [-0.2, -0.15) is 0 Å². The minimum Gasteiger partial charge on any atom is -0.496 e. The van der Waals surface area contributed by atoms with E-state index in [1.807, 2.05) is 23.1 Å². The van der Waals surface area contributed by atoms with E-state index in [-0.39, 0.29) is 17.9 Å². The summed E-state index contributed by atoms with van der Waals surface area (Å²) in [6.45, 7) is 3.89. The number of ether oxygens (including phenoxy) is 2. The molecule has 2 heterocycles. The van der Waals surface area contributed by atoms with Crippen LogP contribution in [0.4, 0.5) is 0 Å². The molecule has 3 aliphatic rings. The van der Waals surface area contributed by atoms with Gasteiger partial charge in [-0.25, -0.2) is 0 Å². The monoisotopic (exact) mass is 389 g/mol. The number of rotatable bonds is 4. The molecule has 1 saturated carbocycles. The normalized spacial score (nSPS) is 33.2. The number of quaternary nitrogens is 1. The number of amides is 1. The van der Waals surface area contributed by atoms with Crippen LogP contribution in [0, 0.1) is 5.92 Å². The molecular formula is C22H33N2O4+. The number of nitrogens with zero attached hydrogens (tertiary/aromatic N) is 1. The third-order valence-corrected chi connectivity index (χ3v) is 7.00. The van der Waals surface area contributed by atoms with Crippen molar-refractivity contribution in [3.05, 3.63) is 29.8 Å². The lowest BCUT2D eigenvalue weighted by molar-refractivity contribution is -0.938. The van der Waals surface area contributed by atoms with E-state index in [0.717, 1.165) is 50.0 Å². The Morgan fingerprint density at radius 1 is 1.29 bits per heavy atom. The highest BCUT2D eigenvalue weighted by molar-refractivity contribution is 5.77. The highest BCUT2D eigenvalue weighted by Crippen LogP contribution is 2.45. The Morgan fingerprint density at radius 3 is 2.86 bits per heavy atom. The number of nitrogens with one attached hydrogen (secondary N) is 1. The van der Waals surface area contributed by atoms with E-state index in [1.165, 1.54) is 4.90 Å². The molecule has 6 nitrogen and oxygen atoms in total. The van der Waals surface area contributed by atoms with E-state index in [0.29, 0.717) is 32.8 Å². The molecule has 28 heavy (non-hydrogen) atoms. The van der Waals surface area contributed by atoms with Crippen molar-refractivity contribution in [2.24, 2.45) is 5.92 Å². The van der Waals surface area contributed by atoms with Gasteiger partial charge in [0.15, 0.2) is 6.54 Å². The van der Waals surface area contributed by atoms with E-state index in [4.69, 9.17) is 9.47 Å². The van der Waals surface area contributed by atoms with Crippen LogP contribution in [0.1, 0.15) is 43.7 Å². The quantitative estimate of drug-likeness (QED) is 0.800. The summed E-state index contributed by atoms with van der Waals surface area (Å²) in [7, 11) is 1.70. The number of aliphatic hydroxyl groups is 1. The number of hydrogen-bond acceptors (Lipinski definition) is 4. The Labute approximate surface area is 167 Å². The number of methoxy groups -OCH3 is 1. The van der Waals surface area contributed by atoms with Crippen molar-refractivity contribution in [2.75, 3.05) is 46.5 Å². The average molecular weight is 390 g/mol. The number of likely N-dealkylation sites (tertiary alicyclic amines) is 1. The molecule has 0 bridgehead atoms. The van der Waals surface area contributed by atoms with Crippen LogP contribution in [0.5, 0.6) is 5.75 Å². The van der Waals surface area contributed by atoms with Crippen LogP contribution in [-0.4, -0.2) is 68.0 Å². The molecule has 0 spiro atoms. The Balaban J connectivity index is 1.63. The Morgan fingerprint density at radius 2 is 2.07 bits per heavy atom. The predicted octanol–water partition coefficient (Wildman–Crippen LogP) is 0.805. The highest BCUT2D eigenvalue weighted by atomic mass is 16.5. The second-order valence-corrected chi connectivity index (χ2v) is 8.50. The Hall–Kier alpha value is -1.63. The van der Waals surface area contributed by atoms with Crippen molar-refractivity contribution < 1.29 is 24.3 Å². The smallest absolute Gasteiger partial charge is 0.277 e. The van der Waals surface area contributed by atoms with E-state index in [2.05, 4.69) is 6.07 Å². The summed E-state index contributed by atoms with van der Waals surface area (Å²) >= 11 is 0. The molecule has 2 aliphatic heterocycles. The summed E-state index contributed by atoms with van der Waals surface area (Å²) in [5.74, 6) is 1.22. The van der Waals surface area contributed by atoms with Crippen LogP contribution < -0.4 is 9.64 Å². The second-order valence-electron chi connectivity index (χ2n) is 8.50. The van der Waals surface area contributed by atoms with Gasteiger partial charge in [0.2, 0.25) is 0 Å². The van der Waals surface area contributed by atoms with Crippen LogP contribution in [0.15, 0.2) is 24.3 Å². The van der Waals surface area contributed by atoms with Crippen LogP contribution in [-0.2, 0) is 9.53 Å². The van der Waals surface area contributed by atoms with Gasteiger partial charge in [0.25, 0.3) is 5.91 Å². The number of benzene rings is 1. The molecule has 154 valence electrons. The third-order valence-electron chi connectivity index (χ3n) is 7.00. The lowest BCUT2D eigenvalue weighted by atomic mass is 9.66. The fourth-order valence-electron chi connectivity index (χ4n) is 5.53. The minimum absolute atomic E-state index is 0.0835. The molecule has 6 heteroatoms. The van der Waals surface area contributed by atoms with Crippen molar-refractivity contribution in [1.82, 2.24) is 4.90 Å². The van der Waals surface area contributed by atoms with E-state index in [9.17, 15) is 9.90 Å². The van der Waals surface area contributed by atoms with Gasteiger partial charge in [-0.05, 0) is 25.0 Å². The molecule has 2 saturated heterocycles. The van der Waals surface area contributed by atoms with E-state index < -0.39 is 5.60 Å². The SMILES string of the molecule is COc1ccccc1[C@@H]1[C@H]2CCCC[C@]2(O)CC[NH+]1CC(=O)N1CCOCC1. The third kappa shape index (κ3) is 3.78. The number of morpholine rings is 1. The summed E-state index contributed by atoms with van der Waals surface area (Å²) in [5.41, 5.74) is 0.509. The summed E-state index contributed by atoms with van der Waals surface area (Å²) in [5, 5.41) is 11.4. The summed E-state index contributed by atoms with van der Waals surface area (Å²) in [6, 6.07) is 8.21. The molecule has 4 atom stereocenters. The zero-order valence-electron chi connectivity index (χ0n) is 16.9. The van der Waals surface area contributed by atoms with Crippen LogP contribution in [0.25, 0.3) is 0 Å². The first kappa shape index (κ1) is 19.7. The van der Waals surface area contributed by atoms with Crippen molar-refractivity contribution in [2.45, 2.75) is 43.7 Å². The Kier molecular flexibility index (Phi) is 5.90. The number of hydrogen-bond donors (Lipinski definition) is 2. The van der Waals surface area contributed by atoms with Gasteiger partial charge < -0.3 is 24.4 Å². The maximum atomic E-state index is 13.0. The molecule has 1 unspecified atom stereocenters. The van der Waals surface area contributed by atoms with Gasteiger partial charge in [-0.1, -0.05) is 25.0 Å². The molecule has 3 fully saturated rings. The lowest BCUT2D eigenvalue weighted by Gasteiger charge is -2.50. The first-order valence-electron chi connectivity index (χ1n) is 10.7. The van der Waals surface area contributed by atoms with Crippen molar-refractivity contribution >= 4 is 5.91 Å². The topological polar surface area (TPSA) is 63.4 Å². The van der Waals surface area contributed by atoms with Crippen molar-refractivity contribution in [3.8, 4) is 5.75 Å². The summed E-state index contributed by atoms with van der Waals surface area (Å²) in [4.78, 5) is 16.2. The fraction of sp³-hybridized carbons (Fsp3) is 0.682. The van der Waals surface area contributed by atoms with Gasteiger partial charge in [-0.3, -0.25) is 4.79 Å². The Bertz CT molecular complexity index is 691. The largest absolute Gasteiger partial charge is 0.496 e. The highest BCUT2D eigenvalue weighted by Gasteiger charge is 2.52. The fourth-order valence-corrected chi connectivity index (χ4v) is 5.53. The number of fused-ring (bicyclic) bond motifs is 1. The molecular weight excluding hydrogens is 356 g/mol. The molecule has 0 aromatic heterocycles. The van der Waals surface area contributed by atoms with Crippen LogP contribution in [0.3, 0.4) is 0 Å². The molecule has 1 amide bonds. The van der Waals surface area contributed by atoms with Crippen LogP contribution >= 0.6 is 0 Å². The van der Waals surface area contributed by atoms with Gasteiger partial charge in [0, 0.05) is 25.4 Å². The first-order chi connectivity index (χ1) is 13.6. The number of carbonyl (C=O) groups is 1. The maximum absolute atomic E-state index is 13.0. The minimum atomic E-state index is -0.616. The molecule has 2 N–H and O–H groups in total. The summed E-state index contributed by atoms with van der Waals surface area (Å²) < 4.78 is 11.1. The van der Waals surface area contributed by atoms with Crippen molar-refractivity contribution in [1.29, 1.82) is 0 Å². The van der Waals surface area contributed by atoms with Crippen LogP contribution in [0.2, 0.25) is 0 Å². The number of para-hydroxylation sites is 1. The zero-order valence-corrected chi connectivity index (χ0v) is 16.9. The van der Waals surface area contributed by atoms with E-state index in [1.54, 1.807) is 7.11 Å². The standard InChI is InChI=1S/C22H32N2O4/c1-27-19-8-3-2-6-17(19)21-18-7-4-5-9-22(18,26)10-11-24(21)16-20(25)23-12-14-28-15-13-23/h2-3,6,8,18,21,26H,4-5,7,9-16H2,1H3/p+1/t18-,21-,22+/m1/s1. The zero-order chi connectivity index (χ0) is 19.6. The molecule has 0 radical (unpaired) electrons. The average Bonchev–Trinajstić information content (AvgIpc) is 2.74. The van der Waals surface area contributed by atoms with Gasteiger partial charge in [0.05, 0.1) is 38.0 Å².